The first kappa shape index (κ1) is 23.7. The molecule has 0 aromatic heterocycles. The number of allylic oxidation sites excluding steroid dienone is 5. The molecule has 0 rings (SSSR count). The topological polar surface area (TPSA) is 26.3 Å². The number of hydrogen-bond donors (Lipinski definition) is 0. The summed E-state index contributed by atoms with van der Waals surface area (Å²) in [4.78, 5) is 12.0. The Balaban J connectivity index is 4.08. The molecule has 0 amide bonds. The maximum atomic E-state index is 12.0. The molecule has 2 nitrogen and oxygen atoms in total. The van der Waals surface area contributed by atoms with Crippen LogP contribution in [0.4, 0.5) is 0 Å². The minimum absolute atomic E-state index is 0.0324. The third-order valence-electron chi connectivity index (χ3n) is 4.51. The molecule has 0 aromatic carbocycles. The van der Waals surface area contributed by atoms with Crippen molar-refractivity contribution in [3.8, 4) is 0 Å². The van der Waals surface area contributed by atoms with Gasteiger partial charge in [-0.2, -0.15) is 0 Å². The van der Waals surface area contributed by atoms with Crippen molar-refractivity contribution in [3.05, 3.63) is 34.9 Å². The van der Waals surface area contributed by atoms with Gasteiger partial charge in [-0.1, -0.05) is 55.6 Å². The van der Waals surface area contributed by atoms with Gasteiger partial charge in [-0.25, -0.2) is 0 Å². The van der Waals surface area contributed by atoms with Crippen LogP contribution in [-0.2, 0) is 9.53 Å². The fourth-order valence-corrected chi connectivity index (χ4v) is 2.66. The van der Waals surface area contributed by atoms with Gasteiger partial charge in [-0.15, -0.1) is 0 Å². The summed E-state index contributed by atoms with van der Waals surface area (Å²) in [6.07, 6.45) is 15.1. The number of carbonyl (C=O) groups is 1. The van der Waals surface area contributed by atoms with Crippen molar-refractivity contribution in [2.24, 2.45) is 5.92 Å². The number of esters is 1. The number of rotatable bonds is 13. The SMILES string of the molecule is CCCCC(CC)C(=O)OC/C=C(\C)CC/C=C(\C)CCC=C(C)C. The second-order valence-electron chi connectivity index (χ2n) is 7.34. The summed E-state index contributed by atoms with van der Waals surface area (Å²) >= 11 is 0. The molecule has 0 aliphatic carbocycles. The lowest BCUT2D eigenvalue weighted by atomic mass is 10.00. The largest absolute Gasteiger partial charge is 0.461 e. The molecular weight excluding hydrogens is 308 g/mol. The van der Waals surface area contributed by atoms with E-state index >= 15 is 0 Å². The average Bonchev–Trinajstić information content (AvgIpc) is 2.55. The second-order valence-corrected chi connectivity index (χ2v) is 7.34. The van der Waals surface area contributed by atoms with Gasteiger partial charge < -0.3 is 4.74 Å². The molecular formula is C23H40O2. The van der Waals surface area contributed by atoms with Crippen LogP contribution in [0.25, 0.3) is 0 Å². The monoisotopic (exact) mass is 348 g/mol. The van der Waals surface area contributed by atoms with Crippen LogP contribution >= 0.6 is 0 Å². The Kier molecular flexibility index (Phi) is 14.2. The third-order valence-corrected chi connectivity index (χ3v) is 4.51. The van der Waals surface area contributed by atoms with E-state index in [0.717, 1.165) is 51.4 Å². The number of ether oxygens (including phenoxy) is 1. The van der Waals surface area contributed by atoms with Crippen LogP contribution in [0.1, 0.15) is 92.9 Å². The molecule has 0 fully saturated rings. The minimum Gasteiger partial charge on any atom is -0.461 e. The van der Waals surface area contributed by atoms with E-state index in [2.05, 4.69) is 59.8 Å². The van der Waals surface area contributed by atoms with Gasteiger partial charge >= 0.3 is 5.97 Å². The lowest BCUT2D eigenvalue weighted by Gasteiger charge is -2.12. The van der Waals surface area contributed by atoms with E-state index in [1.54, 1.807) is 0 Å². The highest BCUT2D eigenvalue weighted by molar-refractivity contribution is 5.72. The van der Waals surface area contributed by atoms with E-state index in [0.29, 0.717) is 6.61 Å². The standard InChI is InChI=1S/C23H40O2/c1-7-9-16-22(8-2)23(24)25-18-17-21(6)15-11-14-20(5)13-10-12-19(3)4/h12,14,17,22H,7-11,13,15-16,18H2,1-6H3/b20-14+,21-17+. The van der Waals surface area contributed by atoms with Crippen LogP contribution in [0.2, 0.25) is 0 Å². The van der Waals surface area contributed by atoms with Crippen molar-refractivity contribution in [2.45, 2.75) is 92.9 Å². The fraction of sp³-hybridized carbons (Fsp3) is 0.696. The first-order valence-electron chi connectivity index (χ1n) is 10.0. The first-order valence-corrected chi connectivity index (χ1v) is 10.0. The molecule has 0 aliphatic rings. The normalized spacial score (nSPS) is 13.5. The number of hydrogen-bond acceptors (Lipinski definition) is 2. The van der Waals surface area contributed by atoms with Gasteiger partial charge in [0.2, 0.25) is 0 Å². The molecule has 0 saturated carbocycles. The van der Waals surface area contributed by atoms with Gasteiger partial charge in [0.25, 0.3) is 0 Å². The van der Waals surface area contributed by atoms with Crippen molar-refractivity contribution in [3.63, 3.8) is 0 Å². The molecule has 25 heavy (non-hydrogen) atoms. The zero-order valence-corrected chi connectivity index (χ0v) is 17.5. The third kappa shape index (κ3) is 13.6. The van der Waals surface area contributed by atoms with Crippen molar-refractivity contribution in [2.75, 3.05) is 6.61 Å². The smallest absolute Gasteiger partial charge is 0.309 e. The van der Waals surface area contributed by atoms with Crippen LogP contribution in [0, 0.1) is 5.92 Å². The van der Waals surface area contributed by atoms with Crippen LogP contribution in [0.5, 0.6) is 0 Å². The Morgan fingerprint density at radius 2 is 1.52 bits per heavy atom. The molecule has 0 saturated heterocycles. The molecule has 0 radical (unpaired) electrons. The van der Waals surface area contributed by atoms with Gasteiger partial charge in [0.05, 0.1) is 5.92 Å². The molecule has 0 spiro atoms. The summed E-state index contributed by atoms with van der Waals surface area (Å²) in [7, 11) is 0. The fourth-order valence-electron chi connectivity index (χ4n) is 2.66. The van der Waals surface area contributed by atoms with Crippen LogP contribution < -0.4 is 0 Å². The summed E-state index contributed by atoms with van der Waals surface area (Å²) in [6.45, 7) is 13.3. The maximum absolute atomic E-state index is 12.0. The summed E-state index contributed by atoms with van der Waals surface area (Å²) < 4.78 is 5.43. The molecule has 144 valence electrons. The summed E-state index contributed by atoms with van der Waals surface area (Å²) in [5.41, 5.74) is 4.14. The Hall–Kier alpha value is -1.31. The number of unbranched alkanes of at least 4 members (excludes halogenated alkanes) is 1. The lowest BCUT2D eigenvalue weighted by molar-refractivity contribution is -0.147. The lowest BCUT2D eigenvalue weighted by Crippen LogP contribution is -2.17. The first-order chi connectivity index (χ1) is 11.9. The highest BCUT2D eigenvalue weighted by Gasteiger charge is 2.16. The van der Waals surface area contributed by atoms with E-state index in [1.165, 1.54) is 16.7 Å². The maximum Gasteiger partial charge on any atom is 0.309 e. The van der Waals surface area contributed by atoms with Gasteiger partial charge in [-0.05, 0) is 72.3 Å². The molecule has 0 aromatic rings. The zero-order valence-electron chi connectivity index (χ0n) is 17.5. The van der Waals surface area contributed by atoms with E-state index in [1.807, 2.05) is 0 Å². The molecule has 1 unspecified atom stereocenters. The number of carbonyl (C=O) groups excluding carboxylic acids is 1. The quantitative estimate of drug-likeness (QED) is 0.260. The average molecular weight is 349 g/mol. The Bertz CT molecular complexity index is 451. The van der Waals surface area contributed by atoms with Crippen molar-refractivity contribution in [1.82, 2.24) is 0 Å². The van der Waals surface area contributed by atoms with Gasteiger partial charge in [0.15, 0.2) is 0 Å². The van der Waals surface area contributed by atoms with Crippen molar-refractivity contribution < 1.29 is 9.53 Å². The molecule has 0 N–H and O–H groups in total. The zero-order chi connectivity index (χ0) is 19.1. The minimum atomic E-state index is -0.0324. The van der Waals surface area contributed by atoms with Gasteiger partial charge in [0.1, 0.15) is 6.61 Å². The van der Waals surface area contributed by atoms with Crippen LogP contribution in [0.15, 0.2) is 34.9 Å². The molecule has 2 heteroatoms. The van der Waals surface area contributed by atoms with Crippen LogP contribution in [0.3, 0.4) is 0 Å². The molecule has 1 atom stereocenters. The van der Waals surface area contributed by atoms with E-state index in [4.69, 9.17) is 4.74 Å². The molecule has 0 heterocycles. The van der Waals surface area contributed by atoms with Crippen molar-refractivity contribution in [1.29, 1.82) is 0 Å². The van der Waals surface area contributed by atoms with Crippen molar-refractivity contribution >= 4 is 5.97 Å². The van der Waals surface area contributed by atoms with E-state index in [-0.39, 0.29) is 11.9 Å². The summed E-state index contributed by atoms with van der Waals surface area (Å²) in [6, 6.07) is 0. The van der Waals surface area contributed by atoms with Gasteiger partial charge in [0, 0.05) is 0 Å². The highest BCUT2D eigenvalue weighted by atomic mass is 16.5. The predicted octanol–water partition coefficient (Wildman–Crippen LogP) is 7.17. The van der Waals surface area contributed by atoms with Gasteiger partial charge in [-0.3, -0.25) is 4.79 Å². The Morgan fingerprint density at radius 3 is 2.08 bits per heavy atom. The molecule has 0 aliphatic heterocycles. The Labute approximate surface area is 156 Å². The van der Waals surface area contributed by atoms with Crippen LogP contribution in [-0.4, -0.2) is 12.6 Å². The molecule has 0 bridgehead atoms. The summed E-state index contributed by atoms with van der Waals surface area (Å²) in [5.74, 6) is 0.0371. The second kappa shape index (κ2) is 15.0. The Morgan fingerprint density at radius 1 is 0.920 bits per heavy atom. The van der Waals surface area contributed by atoms with E-state index < -0.39 is 0 Å². The predicted molar refractivity (Wildman–Crippen MR) is 110 cm³/mol. The highest BCUT2D eigenvalue weighted by Crippen LogP contribution is 2.15. The van der Waals surface area contributed by atoms with E-state index in [9.17, 15) is 4.79 Å². The summed E-state index contributed by atoms with van der Waals surface area (Å²) in [5, 5.41) is 0.